The van der Waals surface area contributed by atoms with Crippen LogP contribution in [0.5, 0.6) is 0 Å². The van der Waals surface area contributed by atoms with E-state index < -0.39 is 5.97 Å². The Hall–Kier alpha value is -3.11. The zero-order valence-corrected chi connectivity index (χ0v) is 13.8. The lowest BCUT2D eigenvalue weighted by molar-refractivity contribution is -0.136. The Bertz CT molecular complexity index is 830. The molecule has 3 rings (SSSR count). The predicted molar refractivity (Wildman–Crippen MR) is 100 cm³/mol. The number of aliphatic carboxylic acids is 1. The molecule has 0 spiro atoms. The average Bonchev–Trinajstić information content (AvgIpc) is 2.63. The highest BCUT2D eigenvalue weighted by Crippen LogP contribution is 2.24. The van der Waals surface area contributed by atoms with Crippen LogP contribution in [0.4, 0.5) is 5.69 Å². The summed E-state index contributed by atoms with van der Waals surface area (Å²) in [4.78, 5) is 11.0. The van der Waals surface area contributed by atoms with Crippen molar-refractivity contribution in [2.24, 2.45) is 0 Å². The molecule has 0 radical (unpaired) electrons. The molecule has 0 amide bonds. The molecular weight excluding hydrogens is 312 g/mol. The van der Waals surface area contributed by atoms with Gasteiger partial charge in [0, 0.05) is 12.2 Å². The van der Waals surface area contributed by atoms with Gasteiger partial charge in [0.25, 0.3) is 0 Å². The molecule has 0 aliphatic rings. The Labute approximate surface area is 147 Å². The quantitative estimate of drug-likeness (QED) is 0.570. The van der Waals surface area contributed by atoms with Crippen molar-refractivity contribution >= 4 is 11.7 Å². The molecule has 0 unspecified atom stereocenters. The summed E-state index contributed by atoms with van der Waals surface area (Å²) in [5.74, 6) is -0.819. The Balaban J connectivity index is 1.65. The van der Waals surface area contributed by atoms with Gasteiger partial charge in [-0.05, 0) is 34.4 Å². The zero-order chi connectivity index (χ0) is 17.5. The first-order valence-electron chi connectivity index (χ1n) is 8.15. The first-order valence-corrected chi connectivity index (χ1v) is 8.15. The largest absolute Gasteiger partial charge is 0.481 e. The van der Waals surface area contributed by atoms with Crippen LogP contribution in [0.25, 0.3) is 11.1 Å². The first kappa shape index (κ1) is 16.7. The molecule has 0 aliphatic carbocycles. The van der Waals surface area contributed by atoms with Crippen LogP contribution in [0, 0.1) is 0 Å². The summed E-state index contributed by atoms with van der Waals surface area (Å²) in [7, 11) is 0. The van der Waals surface area contributed by atoms with Gasteiger partial charge >= 0.3 is 5.97 Å². The molecule has 0 fully saturated rings. The average molecular weight is 332 g/mol. The number of nitrogens with one attached hydrogen (secondary N) is 2. The van der Waals surface area contributed by atoms with Gasteiger partial charge in [0.05, 0.1) is 6.42 Å². The van der Waals surface area contributed by atoms with E-state index in [0.29, 0.717) is 6.54 Å². The number of carbonyl (C=O) groups is 1. The Kier molecular flexibility index (Phi) is 5.44. The number of carboxylic acids is 1. The lowest BCUT2D eigenvalue weighted by Crippen LogP contribution is -2.20. The van der Waals surface area contributed by atoms with Gasteiger partial charge in [-0.25, -0.2) is 5.43 Å². The SMILES string of the molecule is O=C(O)Cc1ccccc1-c1ccc(CNNc2ccccc2)cc1. The molecule has 4 nitrogen and oxygen atoms in total. The Morgan fingerprint density at radius 2 is 1.52 bits per heavy atom. The van der Waals surface area contributed by atoms with Crippen LogP contribution < -0.4 is 10.9 Å². The number of para-hydroxylation sites is 1. The van der Waals surface area contributed by atoms with Crippen molar-refractivity contribution in [1.29, 1.82) is 0 Å². The summed E-state index contributed by atoms with van der Waals surface area (Å²) in [6.07, 6.45) is 0.0282. The monoisotopic (exact) mass is 332 g/mol. The standard InChI is InChI=1S/C21H20N2O2/c24-21(25)14-18-6-4-5-9-20(18)17-12-10-16(11-13-17)15-22-23-19-7-2-1-3-8-19/h1-13,22-23H,14-15H2,(H,24,25). The van der Waals surface area contributed by atoms with E-state index in [4.69, 9.17) is 5.11 Å². The molecular formula is C21H20N2O2. The highest BCUT2D eigenvalue weighted by atomic mass is 16.4. The summed E-state index contributed by atoms with van der Waals surface area (Å²) in [5.41, 5.74) is 11.3. The van der Waals surface area contributed by atoms with E-state index in [0.717, 1.165) is 27.9 Å². The number of hydrogen-bond acceptors (Lipinski definition) is 3. The third kappa shape index (κ3) is 4.68. The highest BCUT2D eigenvalue weighted by Gasteiger charge is 2.08. The molecule has 0 saturated heterocycles. The second-order valence-corrected chi connectivity index (χ2v) is 5.77. The zero-order valence-electron chi connectivity index (χ0n) is 13.8. The third-order valence-corrected chi connectivity index (χ3v) is 3.92. The number of carboxylic acid groups (broad SMARTS) is 1. The van der Waals surface area contributed by atoms with Crippen molar-refractivity contribution in [3.8, 4) is 11.1 Å². The second-order valence-electron chi connectivity index (χ2n) is 5.77. The number of hydrazine groups is 1. The number of anilines is 1. The van der Waals surface area contributed by atoms with E-state index in [1.54, 1.807) is 0 Å². The number of rotatable bonds is 7. The topological polar surface area (TPSA) is 61.4 Å². The van der Waals surface area contributed by atoms with Crippen LogP contribution in [-0.4, -0.2) is 11.1 Å². The molecule has 0 heterocycles. The van der Waals surface area contributed by atoms with Crippen LogP contribution in [0.1, 0.15) is 11.1 Å². The normalized spacial score (nSPS) is 10.4. The van der Waals surface area contributed by atoms with Gasteiger partial charge in [-0.1, -0.05) is 66.7 Å². The molecule has 25 heavy (non-hydrogen) atoms. The minimum Gasteiger partial charge on any atom is -0.481 e. The van der Waals surface area contributed by atoms with E-state index in [9.17, 15) is 4.79 Å². The summed E-state index contributed by atoms with van der Waals surface area (Å²) >= 11 is 0. The van der Waals surface area contributed by atoms with Gasteiger partial charge in [0.2, 0.25) is 0 Å². The van der Waals surface area contributed by atoms with E-state index in [2.05, 4.69) is 10.9 Å². The van der Waals surface area contributed by atoms with Gasteiger partial charge in [-0.15, -0.1) is 0 Å². The smallest absolute Gasteiger partial charge is 0.307 e. The van der Waals surface area contributed by atoms with Crippen molar-refractivity contribution in [3.05, 3.63) is 90.0 Å². The summed E-state index contributed by atoms with van der Waals surface area (Å²) in [6, 6.07) is 25.7. The molecule has 0 saturated carbocycles. The molecule has 3 N–H and O–H groups in total. The van der Waals surface area contributed by atoms with E-state index in [1.165, 1.54) is 0 Å². The Morgan fingerprint density at radius 3 is 2.24 bits per heavy atom. The van der Waals surface area contributed by atoms with Crippen LogP contribution in [-0.2, 0) is 17.8 Å². The molecule has 3 aromatic carbocycles. The minimum atomic E-state index is -0.819. The minimum absolute atomic E-state index is 0.0282. The van der Waals surface area contributed by atoms with Crippen molar-refractivity contribution in [3.63, 3.8) is 0 Å². The molecule has 0 atom stereocenters. The van der Waals surface area contributed by atoms with Crippen LogP contribution in [0.2, 0.25) is 0 Å². The van der Waals surface area contributed by atoms with Gasteiger partial charge in [0.15, 0.2) is 0 Å². The molecule has 126 valence electrons. The van der Waals surface area contributed by atoms with Gasteiger partial charge < -0.3 is 10.5 Å². The lowest BCUT2D eigenvalue weighted by atomic mass is 9.97. The lowest BCUT2D eigenvalue weighted by Gasteiger charge is -2.10. The molecule has 0 aliphatic heterocycles. The fourth-order valence-corrected chi connectivity index (χ4v) is 2.69. The van der Waals surface area contributed by atoms with Gasteiger partial charge in [-0.3, -0.25) is 4.79 Å². The molecule has 0 bridgehead atoms. The predicted octanol–water partition coefficient (Wildman–Crippen LogP) is 4.10. The fourth-order valence-electron chi connectivity index (χ4n) is 2.69. The van der Waals surface area contributed by atoms with E-state index in [1.807, 2.05) is 78.9 Å². The van der Waals surface area contributed by atoms with Gasteiger partial charge in [-0.2, -0.15) is 0 Å². The van der Waals surface area contributed by atoms with Gasteiger partial charge in [0.1, 0.15) is 0 Å². The number of benzene rings is 3. The molecule has 0 aromatic heterocycles. The summed E-state index contributed by atoms with van der Waals surface area (Å²) in [5, 5.41) is 9.06. The van der Waals surface area contributed by atoms with E-state index >= 15 is 0 Å². The van der Waals surface area contributed by atoms with E-state index in [-0.39, 0.29) is 6.42 Å². The number of hydrogen-bond donors (Lipinski definition) is 3. The van der Waals surface area contributed by atoms with Crippen LogP contribution in [0.15, 0.2) is 78.9 Å². The summed E-state index contributed by atoms with van der Waals surface area (Å²) < 4.78 is 0. The van der Waals surface area contributed by atoms with Crippen molar-refractivity contribution in [1.82, 2.24) is 5.43 Å². The van der Waals surface area contributed by atoms with Crippen molar-refractivity contribution < 1.29 is 9.90 Å². The molecule has 3 aromatic rings. The fraction of sp³-hybridized carbons (Fsp3) is 0.0952. The maximum absolute atomic E-state index is 11.0. The highest BCUT2D eigenvalue weighted by molar-refractivity contribution is 5.76. The van der Waals surface area contributed by atoms with Crippen molar-refractivity contribution in [2.75, 3.05) is 5.43 Å². The first-order chi connectivity index (χ1) is 12.2. The summed E-state index contributed by atoms with van der Waals surface area (Å²) in [6.45, 7) is 0.686. The second kappa shape index (κ2) is 8.13. The maximum Gasteiger partial charge on any atom is 0.307 e. The third-order valence-electron chi connectivity index (χ3n) is 3.92. The Morgan fingerprint density at radius 1 is 0.840 bits per heavy atom. The maximum atomic E-state index is 11.0. The van der Waals surface area contributed by atoms with Crippen LogP contribution in [0.3, 0.4) is 0 Å². The molecule has 4 heteroatoms. The van der Waals surface area contributed by atoms with Crippen LogP contribution >= 0.6 is 0 Å². The van der Waals surface area contributed by atoms with Crippen molar-refractivity contribution in [2.45, 2.75) is 13.0 Å².